The minimum Gasteiger partial charge on any atom is -0.427 e. The van der Waals surface area contributed by atoms with E-state index in [4.69, 9.17) is 4.74 Å². The van der Waals surface area contributed by atoms with Gasteiger partial charge in [-0.15, -0.1) is 0 Å². The number of anilines is 1. The van der Waals surface area contributed by atoms with Gasteiger partial charge in [-0.25, -0.2) is 14.5 Å². The number of imide groups is 1. The molecule has 0 saturated carbocycles. The summed E-state index contributed by atoms with van der Waals surface area (Å²) in [6.07, 6.45) is 1.71. The fraction of sp³-hybridized carbons (Fsp3) is 0.429. The molecule has 0 aromatic heterocycles. The van der Waals surface area contributed by atoms with Gasteiger partial charge in [0.2, 0.25) is 11.5 Å². The Labute approximate surface area is 216 Å². The fourth-order valence-corrected chi connectivity index (χ4v) is 5.83. The molecule has 3 aliphatic rings. The molecule has 1 unspecified atom stereocenters. The molecule has 1 aliphatic carbocycles. The maximum absolute atomic E-state index is 13.6. The van der Waals surface area contributed by atoms with Crippen LogP contribution in [-0.2, 0) is 39.3 Å². The second kappa shape index (κ2) is 9.53. The maximum Gasteiger partial charge on any atom is 0.418 e. The van der Waals surface area contributed by atoms with E-state index in [-0.39, 0.29) is 30.4 Å². The number of carbonyl (C=O) groups is 4. The van der Waals surface area contributed by atoms with Crippen molar-refractivity contribution in [3.63, 3.8) is 0 Å². The Balaban J connectivity index is 1.37. The van der Waals surface area contributed by atoms with E-state index in [1.807, 2.05) is 23.1 Å². The average Bonchev–Trinajstić information content (AvgIpc) is 3.25. The van der Waals surface area contributed by atoms with E-state index in [0.29, 0.717) is 30.6 Å². The Bertz CT molecular complexity index is 1270. The topological polar surface area (TPSA) is 108 Å². The Morgan fingerprint density at radius 2 is 1.84 bits per heavy atom. The smallest absolute Gasteiger partial charge is 0.418 e. The summed E-state index contributed by atoms with van der Waals surface area (Å²) < 4.78 is 5.71. The molecule has 1 fully saturated rings. The van der Waals surface area contributed by atoms with Crippen molar-refractivity contribution in [1.29, 1.82) is 0 Å². The normalized spacial score (nSPS) is 22.5. The van der Waals surface area contributed by atoms with Gasteiger partial charge in [0.15, 0.2) is 0 Å². The lowest BCUT2D eigenvalue weighted by molar-refractivity contribution is -0.143. The summed E-state index contributed by atoms with van der Waals surface area (Å²) in [4.78, 5) is 54.7. The number of benzene rings is 2. The van der Waals surface area contributed by atoms with E-state index in [9.17, 15) is 19.2 Å². The van der Waals surface area contributed by atoms with Crippen LogP contribution in [0.25, 0.3) is 0 Å². The molecule has 0 bridgehead atoms. The molecule has 2 atom stereocenters. The second-order valence-corrected chi connectivity index (χ2v) is 10.3. The molecule has 9 nitrogen and oxygen atoms in total. The van der Waals surface area contributed by atoms with E-state index in [0.717, 1.165) is 28.9 Å². The SMILES string of the molecule is CNC(=O)Nc1ccc2c(c1)CC[C@]21OC(=O)N(CC(=O)N2Cc3ccccc3CCC2C(C)C)C1=O. The molecule has 9 heteroatoms. The van der Waals surface area contributed by atoms with Gasteiger partial charge in [-0.05, 0) is 54.0 Å². The zero-order valence-corrected chi connectivity index (χ0v) is 21.4. The number of aryl methyl sites for hydroxylation is 2. The molecular weight excluding hydrogens is 472 g/mol. The van der Waals surface area contributed by atoms with Crippen LogP contribution in [0.15, 0.2) is 42.5 Å². The van der Waals surface area contributed by atoms with Crippen LogP contribution in [-0.4, -0.2) is 53.4 Å². The molecule has 37 heavy (non-hydrogen) atoms. The first-order valence-corrected chi connectivity index (χ1v) is 12.8. The first-order chi connectivity index (χ1) is 17.7. The lowest BCUT2D eigenvalue weighted by Gasteiger charge is -2.34. The first-order valence-electron chi connectivity index (χ1n) is 12.8. The zero-order valence-electron chi connectivity index (χ0n) is 21.4. The van der Waals surface area contributed by atoms with Gasteiger partial charge in [-0.3, -0.25) is 9.59 Å². The van der Waals surface area contributed by atoms with Gasteiger partial charge in [0.25, 0.3) is 5.91 Å². The second-order valence-electron chi connectivity index (χ2n) is 10.3. The van der Waals surface area contributed by atoms with Crippen LogP contribution in [0.4, 0.5) is 15.3 Å². The Kier molecular flexibility index (Phi) is 6.39. The van der Waals surface area contributed by atoms with Crippen molar-refractivity contribution in [3.8, 4) is 0 Å². The molecule has 0 radical (unpaired) electrons. The summed E-state index contributed by atoms with van der Waals surface area (Å²) in [7, 11) is 1.53. The van der Waals surface area contributed by atoms with Gasteiger partial charge in [0.1, 0.15) is 6.54 Å². The zero-order chi connectivity index (χ0) is 26.3. The standard InChI is InChI=1S/C28H32N4O5/c1-17(2)23-11-8-18-6-4-5-7-20(18)15-31(23)24(33)16-32-25(34)28(37-27(32)36)13-12-19-14-21(9-10-22(19)28)30-26(35)29-3/h4-7,9-10,14,17,23H,8,11-13,15-16H2,1-3H3,(H2,29,30,35)/t23?,28-/m0/s1. The molecule has 2 aliphatic heterocycles. The van der Waals surface area contributed by atoms with Crippen molar-refractivity contribution in [2.24, 2.45) is 5.92 Å². The van der Waals surface area contributed by atoms with E-state index in [2.05, 4.69) is 30.5 Å². The molecule has 1 saturated heterocycles. The number of amides is 5. The molecule has 5 amide bonds. The Morgan fingerprint density at radius 1 is 1.08 bits per heavy atom. The lowest BCUT2D eigenvalue weighted by atomic mass is 9.94. The van der Waals surface area contributed by atoms with Gasteiger partial charge < -0.3 is 20.3 Å². The Morgan fingerprint density at radius 3 is 2.57 bits per heavy atom. The number of rotatable bonds is 4. The van der Waals surface area contributed by atoms with Crippen LogP contribution in [0.1, 0.15) is 48.9 Å². The molecule has 2 aromatic carbocycles. The number of hydrogen-bond donors (Lipinski definition) is 2. The molecule has 194 valence electrons. The summed E-state index contributed by atoms with van der Waals surface area (Å²) in [5.41, 5.74) is 2.91. The van der Waals surface area contributed by atoms with Crippen LogP contribution >= 0.6 is 0 Å². The van der Waals surface area contributed by atoms with Crippen LogP contribution in [0.2, 0.25) is 0 Å². The van der Waals surface area contributed by atoms with Crippen molar-refractivity contribution in [2.75, 3.05) is 18.9 Å². The highest BCUT2D eigenvalue weighted by Gasteiger charge is 2.58. The van der Waals surface area contributed by atoms with Gasteiger partial charge in [0, 0.05) is 37.3 Å². The van der Waals surface area contributed by atoms with E-state index in [1.54, 1.807) is 18.2 Å². The van der Waals surface area contributed by atoms with Crippen molar-refractivity contribution < 1.29 is 23.9 Å². The van der Waals surface area contributed by atoms with Crippen LogP contribution < -0.4 is 10.6 Å². The summed E-state index contributed by atoms with van der Waals surface area (Å²) in [5, 5.41) is 5.21. The minimum absolute atomic E-state index is 0.000958. The minimum atomic E-state index is -1.43. The number of carbonyl (C=O) groups excluding carboxylic acids is 4. The molecule has 1 spiro atoms. The highest BCUT2D eigenvalue weighted by Crippen LogP contribution is 2.46. The molecule has 2 heterocycles. The summed E-state index contributed by atoms with van der Waals surface area (Å²) in [6, 6.07) is 12.9. The summed E-state index contributed by atoms with van der Waals surface area (Å²) in [6.45, 7) is 4.28. The first kappa shape index (κ1) is 24.8. The third-order valence-corrected chi connectivity index (χ3v) is 7.80. The van der Waals surface area contributed by atoms with Crippen LogP contribution in [0, 0.1) is 5.92 Å². The molecular formula is C28H32N4O5. The summed E-state index contributed by atoms with van der Waals surface area (Å²) in [5.74, 6) is -0.542. The number of nitrogens with one attached hydrogen (secondary N) is 2. The number of ether oxygens (including phenoxy) is 1. The monoisotopic (exact) mass is 504 g/mol. The molecule has 5 rings (SSSR count). The number of fused-ring (bicyclic) bond motifs is 3. The molecule has 2 aromatic rings. The highest BCUT2D eigenvalue weighted by atomic mass is 16.6. The number of hydrogen-bond acceptors (Lipinski definition) is 5. The van der Waals surface area contributed by atoms with Gasteiger partial charge in [-0.1, -0.05) is 44.2 Å². The van der Waals surface area contributed by atoms with Gasteiger partial charge in [0.05, 0.1) is 0 Å². The van der Waals surface area contributed by atoms with Gasteiger partial charge in [-0.2, -0.15) is 0 Å². The summed E-state index contributed by atoms with van der Waals surface area (Å²) >= 11 is 0. The fourth-order valence-electron chi connectivity index (χ4n) is 5.83. The predicted molar refractivity (Wildman–Crippen MR) is 137 cm³/mol. The lowest BCUT2D eigenvalue weighted by Crippen LogP contribution is -2.48. The van der Waals surface area contributed by atoms with Crippen LogP contribution in [0.5, 0.6) is 0 Å². The van der Waals surface area contributed by atoms with Crippen LogP contribution in [0.3, 0.4) is 0 Å². The van der Waals surface area contributed by atoms with Crippen molar-refractivity contribution in [1.82, 2.24) is 15.1 Å². The van der Waals surface area contributed by atoms with Crippen molar-refractivity contribution in [2.45, 2.75) is 57.7 Å². The highest BCUT2D eigenvalue weighted by molar-refractivity contribution is 6.06. The third kappa shape index (κ3) is 4.32. The van der Waals surface area contributed by atoms with Crippen molar-refractivity contribution >= 4 is 29.6 Å². The van der Waals surface area contributed by atoms with E-state index in [1.165, 1.54) is 12.6 Å². The number of nitrogens with zero attached hydrogens (tertiary/aromatic N) is 2. The maximum atomic E-state index is 13.6. The quantitative estimate of drug-likeness (QED) is 0.662. The van der Waals surface area contributed by atoms with E-state index < -0.39 is 17.6 Å². The third-order valence-electron chi connectivity index (χ3n) is 7.80. The van der Waals surface area contributed by atoms with E-state index >= 15 is 0 Å². The largest absolute Gasteiger partial charge is 0.427 e. The number of urea groups is 1. The van der Waals surface area contributed by atoms with Crippen molar-refractivity contribution in [3.05, 3.63) is 64.7 Å². The predicted octanol–water partition coefficient (Wildman–Crippen LogP) is 3.56. The Hall–Kier alpha value is -3.88. The average molecular weight is 505 g/mol. The molecule has 2 N–H and O–H groups in total. The van der Waals surface area contributed by atoms with Gasteiger partial charge >= 0.3 is 12.1 Å².